The number of rotatable bonds is 7. The van der Waals surface area contributed by atoms with Gasteiger partial charge in [-0.05, 0) is 36.4 Å². The molecule has 0 aliphatic rings. The Kier molecular flexibility index (Phi) is 5.88. The Hall–Kier alpha value is -3.33. The number of sulfonamides is 1. The molecule has 3 aromatic rings. The molecule has 1 aromatic heterocycles. The maximum Gasteiger partial charge on any atom is 0.262 e. The lowest BCUT2D eigenvalue weighted by atomic mass is 10.3. The summed E-state index contributed by atoms with van der Waals surface area (Å²) in [6, 6.07) is 15.5. The summed E-state index contributed by atoms with van der Waals surface area (Å²) < 4.78 is 33.9. The van der Waals surface area contributed by atoms with Crippen molar-refractivity contribution < 1.29 is 13.2 Å². The van der Waals surface area contributed by atoms with Gasteiger partial charge in [0, 0.05) is 28.2 Å². The highest BCUT2D eigenvalue weighted by molar-refractivity contribution is 7.92. The molecule has 9 heteroatoms. The number of hydrogen-bond acceptors (Lipinski definition) is 7. The van der Waals surface area contributed by atoms with E-state index in [4.69, 9.17) is 4.74 Å². The number of hydrogen-bond donors (Lipinski definition) is 1. The lowest BCUT2D eigenvalue weighted by Gasteiger charge is -2.19. The van der Waals surface area contributed by atoms with Crippen molar-refractivity contribution in [3.8, 4) is 11.5 Å². The number of ether oxygens (including phenoxy) is 1. The molecule has 152 valence electrons. The van der Waals surface area contributed by atoms with E-state index in [0.717, 1.165) is 0 Å². The molecule has 0 aliphatic carbocycles. The van der Waals surface area contributed by atoms with Gasteiger partial charge in [-0.2, -0.15) is 4.98 Å². The second-order valence-corrected chi connectivity index (χ2v) is 8.37. The molecule has 0 aliphatic heterocycles. The maximum atomic E-state index is 12.8. The molecule has 1 heterocycles. The van der Waals surface area contributed by atoms with Gasteiger partial charge in [-0.15, -0.1) is 0 Å². The number of nitrogens with zero attached hydrogens (tertiary/aromatic N) is 4. The molecule has 0 bridgehead atoms. The molecule has 29 heavy (non-hydrogen) atoms. The first-order valence-electron chi connectivity index (χ1n) is 8.84. The predicted octanol–water partition coefficient (Wildman–Crippen LogP) is 3.20. The quantitative estimate of drug-likeness (QED) is 0.636. The van der Waals surface area contributed by atoms with E-state index in [1.165, 1.54) is 18.3 Å². The fraction of sp³-hybridized carbons (Fsp3) is 0.200. The number of nitrogens with one attached hydrogen (secondary N) is 1. The van der Waals surface area contributed by atoms with Crippen LogP contribution in [0.4, 0.5) is 17.5 Å². The fourth-order valence-electron chi connectivity index (χ4n) is 2.51. The van der Waals surface area contributed by atoms with E-state index in [-0.39, 0.29) is 4.90 Å². The van der Waals surface area contributed by atoms with Crippen molar-refractivity contribution in [2.24, 2.45) is 0 Å². The van der Waals surface area contributed by atoms with Crippen LogP contribution in [0.5, 0.6) is 11.5 Å². The van der Waals surface area contributed by atoms with Crippen LogP contribution in [-0.2, 0) is 10.0 Å². The second-order valence-electron chi connectivity index (χ2n) is 6.69. The molecule has 0 spiro atoms. The summed E-state index contributed by atoms with van der Waals surface area (Å²) in [6.07, 6.45) is 1.46. The Labute approximate surface area is 170 Å². The van der Waals surface area contributed by atoms with Gasteiger partial charge in [-0.3, -0.25) is 4.72 Å². The van der Waals surface area contributed by atoms with Crippen LogP contribution in [0.1, 0.15) is 0 Å². The van der Waals surface area contributed by atoms with E-state index < -0.39 is 10.0 Å². The zero-order valence-electron chi connectivity index (χ0n) is 16.7. The smallest absolute Gasteiger partial charge is 0.262 e. The Morgan fingerprint density at radius 3 is 2.07 bits per heavy atom. The SMILES string of the molecule is CN(C)c1ncc(NS(=O)(=O)c2ccc(Oc3ccccc3)cc2)c(N(C)C)n1. The number of para-hydroxylation sites is 1. The molecular weight excluding hydrogens is 390 g/mol. The summed E-state index contributed by atoms with van der Waals surface area (Å²) >= 11 is 0. The molecule has 8 nitrogen and oxygen atoms in total. The molecule has 1 N–H and O–H groups in total. The fourth-order valence-corrected chi connectivity index (χ4v) is 3.55. The zero-order valence-corrected chi connectivity index (χ0v) is 17.5. The van der Waals surface area contributed by atoms with E-state index >= 15 is 0 Å². The second kappa shape index (κ2) is 8.36. The summed E-state index contributed by atoms with van der Waals surface area (Å²) in [5, 5.41) is 0. The minimum atomic E-state index is -3.82. The zero-order chi connectivity index (χ0) is 21.0. The van der Waals surface area contributed by atoms with E-state index in [1.54, 1.807) is 36.0 Å². The predicted molar refractivity (Wildman–Crippen MR) is 114 cm³/mol. The lowest BCUT2D eigenvalue weighted by molar-refractivity contribution is 0.482. The number of aromatic nitrogens is 2. The van der Waals surface area contributed by atoms with Crippen LogP contribution in [0.15, 0.2) is 65.7 Å². The third-order valence-electron chi connectivity index (χ3n) is 3.94. The molecule has 0 radical (unpaired) electrons. The van der Waals surface area contributed by atoms with Crippen LogP contribution in [0, 0.1) is 0 Å². The Morgan fingerprint density at radius 2 is 1.48 bits per heavy atom. The molecule has 0 unspecified atom stereocenters. The Bertz CT molecular complexity index is 1070. The van der Waals surface area contributed by atoms with Gasteiger partial charge >= 0.3 is 0 Å². The van der Waals surface area contributed by atoms with Crippen LogP contribution >= 0.6 is 0 Å². The molecule has 0 atom stereocenters. The first kappa shape index (κ1) is 20.4. The lowest BCUT2D eigenvalue weighted by Crippen LogP contribution is -2.21. The highest BCUT2D eigenvalue weighted by Gasteiger charge is 2.19. The molecule has 0 saturated heterocycles. The summed E-state index contributed by atoms with van der Waals surface area (Å²) in [7, 11) is 3.39. The van der Waals surface area contributed by atoms with E-state index in [9.17, 15) is 8.42 Å². The van der Waals surface area contributed by atoms with Gasteiger partial charge in [-0.25, -0.2) is 13.4 Å². The van der Waals surface area contributed by atoms with Gasteiger partial charge in [0.2, 0.25) is 5.95 Å². The first-order chi connectivity index (χ1) is 13.8. The Balaban J connectivity index is 1.82. The van der Waals surface area contributed by atoms with Gasteiger partial charge in [0.15, 0.2) is 5.82 Å². The highest BCUT2D eigenvalue weighted by atomic mass is 32.2. The molecule has 0 amide bonds. The third-order valence-corrected chi connectivity index (χ3v) is 5.32. The monoisotopic (exact) mass is 413 g/mol. The van der Waals surface area contributed by atoms with Gasteiger partial charge in [0.25, 0.3) is 10.0 Å². The summed E-state index contributed by atoms with van der Waals surface area (Å²) in [5.74, 6) is 2.17. The van der Waals surface area contributed by atoms with E-state index in [1.807, 2.05) is 44.4 Å². The number of benzene rings is 2. The largest absolute Gasteiger partial charge is 0.457 e. The normalized spacial score (nSPS) is 11.0. The van der Waals surface area contributed by atoms with Crippen molar-refractivity contribution in [2.45, 2.75) is 4.90 Å². The van der Waals surface area contributed by atoms with Crippen LogP contribution in [0.25, 0.3) is 0 Å². The van der Waals surface area contributed by atoms with Gasteiger partial charge < -0.3 is 14.5 Å². The minimum absolute atomic E-state index is 0.110. The molecule has 0 saturated carbocycles. The van der Waals surface area contributed by atoms with Gasteiger partial charge in [0.1, 0.15) is 17.2 Å². The average Bonchev–Trinajstić information content (AvgIpc) is 2.69. The van der Waals surface area contributed by atoms with Crippen LogP contribution in [-0.4, -0.2) is 46.6 Å². The van der Waals surface area contributed by atoms with Crippen molar-refractivity contribution in [3.63, 3.8) is 0 Å². The summed E-state index contributed by atoms with van der Waals surface area (Å²) in [5.41, 5.74) is 0.296. The molecular formula is C20H23N5O3S. The average molecular weight is 414 g/mol. The van der Waals surface area contributed by atoms with Crippen LogP contribution < -0.4 is 19.3 Å². The maximum absolute atomic E-state index is 12.8. The minimum Gasteiger partial charge on any atom is -0.457 e. The van der Waals surface area contributed by atoms with Crippen LogP contribution in [0.3, 0.4) is 0 Å². The molecule has 2 aromatic carbocycles. The van der Waals surface area contributed by atoms with Crippen molar-refractivity contribution in [3.05, 3.63) is 60.8 Å². The highest BCUT2D eigenvalue weighted by Crippen LogP contribution is 2.27. The molecule has 0 fully saturated rings. The summed E-state index contributed by atoms with van der Waals surface area (Å²) in [6.45, 7) is 0. The van der Waals surface area contributed by atoms with Crippen molar-refractivity contribution in [1.29, 1.82) is 0 Å². The van der Waals surface area contributed by atoms with Gasteiger partial charge in [0.05, 0.1) is 11.1 Å². The van der Waals surface area contributed by atoms with Crippen molar-refractivity contribution in [1.82, 2.24) is 9.97 Å². The topological polar surface area (TPSA) is 87.7 Å². The molecule has 3 rings (SSSR count). The number of anilines is 3. The van der Waals surface area contributed by atoms with Crippen molar-refractivity contribution in [2.75, 3.05) is 42.7 Å². The first-order valence-corrected chi connectivity index (χ1v) is 10.3. The van der Waals surface area contributed by atoms with E-state index in [0.29, 0.717) is 29.0 Å². The van der Waals surface area contributed by atoms with Gasteiger partial charge in [-0.1, -0.05) is 18.2 Å². The van der Waals surface area contributed by atoms with Crippen LogP contribution in [0.2, 0.25) is 0 Å². The van der Waals surface area contributed by atoms with E-state index in [2.05, 4.69) is 14.7 Å². The standard InChI is InChI=1S/C20H23N5O3S/c1-24(2)19-18(14-21-20(22-19)25(3)4)23-29(26,27)17-12-10-16(11-13-17)28-15-8-6-5-7-9-15/h5-14,23H,1-4H3. The Morgan fingerprint density at radius 1 is 0.862 bits per heavy atom. The van der Waals surface area contributed by atoms with Crippen molar-refractivity contribution >= 4 is 27.5 Å². The third kappa shape index (κ3) is 4.94. The summed E-state index contributed by atoms with van der Waals surface area (Å²) in [4.78, 5) is 12.2.